The Kier molecular flexibility index (Phi) is 4.34. The van der Waals surface area contributed by atoms with Crippen molar-refractivity contribution in [3.63, 3.8) is 0 Å². The second-order valence-corrected chi connectivity index (χ2v) is 8.99. The molecule has 0 saturated heterocycles. The fraction of sp³-hybridized carbons (Fsp3) is 0.952. The zero-order valence-corrected chi connectivity index (χ0v) is 14.0. The Morgan fingerprint density at radius 3 is 2.24 bits per heavy atom. The van der Waals surface area contributed by atoms with Crippen molar-refractivity contribution in [2.75, 3.05) is 0 Å². The zero-order valence-electron chi connectivity index (χ0n) is 14.0. The van der Waals surface area contributed by atoms with Crippen molar-refractivity contribution in [2.45, 2.75) is 103 Å². The topological polar surface area (TPSA) is 0 Å². The summed E-state index contributed by atoms with van der Waals surface area (Å²) >= 11 is 0. The molecule has 119 valence electrons. The molecule has 0 spiro atoms. The molecular formula is C21H35. The Morgan fingerprint density at radius 1 is 0.571 bits per heavy atom. The van der Waals surface area contributed by atoms with Crippen LogP contribution in [0.25, 0.3) is 0 Å². The Bertz CT molecular complexity index is 330. The van der Waals surface area contributed by atoms with Crippen LogP contribution in [0.2, 0.25) is 0 Å². The Morgan fingerprint density at radius 2 is 1.33 bits per heavy atom. The van der Waals surface area contributed by atoms with Crippen molar-refractivity contribution < 1.29 is 0 Å². The molecule has 5 aliphatic rings. The third kappa shape index (κ3) is 2.93. The van der Waals surface area contributed by atoms with E-state index in [1.807, 2.05) is 0 Å². The molecule has 0 heteroatoms. The van der Waals surface area contributed by atoms with Gasteiger partial charge in [-0.2, -0.15) is 0 Å². The van der Waals surface area contributed by atoms with Crippen LogP contribution in [0.15, 0.2) is 0 Å². The largest absolute Gasteiger partial charge is 0.0530 e. The molecule has 2 atom stereocenters. The first-order valence-corrected chi connectivity index (χ1v) is 10.2. The maximum atomic E-state index is 2.05. The summed E-state index contributed by atoms with van der Waals surface area (Å²) < 4.78 is 0. The summed E-state index contributed by atoms with van der Waals surface area (Å²) in [5, 5.41) is 0. The summed E-state index contributed by atoms with van der Waals surface area (Å²) in [5.41, 5.74) is 0.767. The van der Waals surface area contributed by atoms with E-state index in [0.29, 0.717) is 0 Å². The van der Waals surface area contributed by atoms with Crippen molar-refractivity contribution in [2.24, 2.45) is 23.2 Å². The van der Waals surface area contributed by atoms with Crippen LogP contribution < -0.4 is 0 Å². The molecule has 0 heterocycles. The monoisotopic (exact) mass is 287 g/mol. The highest BCUT2D eigenvalue weighted by Gasteiger charge is 2.45. The molecule has 5 fully saturated rings. The van der Waals surface area contributed by atoms with Crippen molar-refractivity contribution >= 4 is 0 Å². The van der Waals surface area contributed by atoms with Gasteiger partial charge in [-0.3, -0.25) is 0 Å². The molecule has 0 amide bonds. The molecule has 4 bridgehead atoms. The minimum atomic E-state index is 0.767. The van der Waals surface area contributed by atoms with Crippen LogP contribution >= 0.6 is 0 Å². The van der Waals surface area contributed by atoms with E-state index in [1.54, 1.807) is 77.0 Å². The van der Waals surface area contributed by atoms with E-state index < -0.39 is 0 Å². The summed E-state index contributed by atoms with van der Waals surface area (Å²) in [6.07, 6.45) is 24.9. The standard InChI is InChI=1S/C21H35/c1-2-14-21(15-12-18(5-1)13-16-21)20-9-4-7-17-6-3-8-19(20)11-10-17/h17-18,20H,1-16H2. The third-order valence-corrected chi connectivity index (χ3v) is 7.96. The van der Waals surface area contributed by atoms with Crippen molar-refractivity contribution in [1.82, 2.24) is 0 Å². The number of fused-ring (bicyclic) bond motifs is 8. The number of rotatable bonds is 1. The molecule has 0 nitrogen and oxygen atoms in total. The van der Waals surface area contributed by atoms with Crippen LogP contribution in [0.3, 0.4) is 0 Å². The number of hydrogen-bond donors (Lipinski definition) is 0. The van der Waals surface area contributed by atoms with Gasteiger partial charge in [0.25, 0.3) is 0 Å². The molecule has 5 aliphatic carbocycles. The van der Waals surface area contributed by atoms with E-state index in [2.05, 4.69) is 5.92 Å². The van der Waals surface area contributed by atoms with Gasteiger partial charge in [-0.05, 0) is 86.9 Å². The lowest BCUT2D eigenvalue weighted by Crippen LogP contribution is -2.40. The summed E-state index contributed by atoms with van der Waals surface area (Å²) in [6, 6.07) is 0. The molecule has 5 rings (SSSR count). The van der Waals surface area contributed by atoms with Crippen LogP contribution in [-0.4, -0.2) is 0 Å². The van der Waals surface area contributed by atoms with Gasteiger partial charge in [0.05, 0.1) is 0 Å². The van der Waals surface area contributed by atoms with Crippen LogP contribution in [0, 0.1) is 29.1 Å². The predicted octanol–water partition coefficient (Wildman–Crippen LogP) is 6.69. The van der Waals surface area contributed by atoms with Gasteiger partial charge in [0, 0.05) is 0 Å². The van der Waals surface area contributed by atoms with Crippen molar-refractivity contribution in [3.05, 3.63) is 5.92 Å². The minimum absolute atomic E-state index is 0.767. The lowest BCUT2D eigenvalue weighted by atomic mass is 9.54. The second-order valence-electron chi connectivity index (χ2n) is 8.99. The van der Waals surface area contributed by atoms with E-state index in [-0.39, 0.29) is 0 Å². The van der Waals surface area contributed by atoms with Crippen molar-refractivity contribution in [3.8, 4) is 0 Å². The van der Waals surface area contributed by atoms with E-state index >= 15 is 0 Å². The van der Waals surface area contributed by atoms with Gasteiger partial charge in [-0.25, -0.2) is 0 Å². The first-order chi connectivity index (χ1) is 10.4. The molecular weight excluding hydrogens is 252 g/mol. The molecule has 0 aromatic heterocycles. The van der Waals surface area contributed by atoms with E-state index in [1.165, 1.54) is 25.7 Å². The van der Waals surface area contributed by atoms with E-state index in [4.69, 9.17) is 0 Å². The highest BCUT2D eigenvalue weighted by atomic mass is 14.5. The van der Waals surface area contributed by atoms with Gasteiger partial charge < -0.3 is 0 Å². The van der Waals surface area contributed by atoms with Crippen LogP contribution in [0.1, 0.15) is 103 Å². The summed E-state index contributed by atoms with van der Waals surface area (Å²) in [5.74, 6) is 5.29. The van der Waals surface area contributed by atoms with Gasteiger partial charge in [-0.15, -0.1) is 0 Å². The highest BCUT2D eigenvalue weighted by Crippen LogP contribution is 2.57. The Hall–Kier alpha value is 0. The molecule has 0 aromatic rings. The fourth-order valence-electron chi connectivity index (χ4n) is 6.69. The van der Waals surface area contributed by atoms with Crippen molar-refractivity contribution in [1.29, 1.82) is 0 Å². The van der Waals surface area contributed by atoms with Gasteiger partial charge >= 0.3 is 0 Å². The summed E-state index contributed by atoms with van der Waals surface area (Å²) in [4.78, 5) is 0. The summed E-state index contributed by atoms with van der Waals surface area (Å²) in [6.45, 7) is 0. The summed E-state index contributed by atoms with van der Waals surface area (Å²) in [7, 11) is 0. The lowest BCUT2D eigenvalue weighted by molar-refractivity contribution is 0.0369. The van der Waals surface area contributed by atoms with Gasteiger partial charge in [-0.1, -0.05) is 44.9 Å². The third-order valence-electron chi connectivity index (χ3n) is 7.96. The predicted molar refractivity (Wildman–Crippen MR) is 90.0 cm³/mol. The maximum absolute atomic E-state index is 2.05. The molecule has 2 unspecified atom stereocenters. The molecule has 1 radical (unpaired) electrons. The SMILES string of the molecule is C1C[C]2CCC(C1)CCCC2C12CCCCC(CC1)CC2. The average Bonchev–Trinajstić information content (AvgIpc) is 2.62. The smallest absolute Gasteiger partial charge is 0.0204 e. The van der Waals surface area contributed by atoms with Crippen LogP contribution in [0.5, 0.6) is 0 Å². The van der Waals surface area contributed by atoms with E-state index in [9.17, 15) is 0 Å². The molecule has 0 aromatic carbocycles. The first kappa shape index (κ1) is 14.6. The van der Waals surface area contributed by atoms with Gasteiger partial charge in [0.2, 0.25) is 0 Å². The first-order valence-electron chi connectivity index (χ1n) is 10.2. The Balaban J connectivity index is 1.56. The highest BCUT2D eigenvalue weighted by molar-refractivity contribution is 5.08. The molecule has 5 saturated carbocycles. The lowest BCUT2D eigenvalue weighted by Gasteiger charge is -2.51. The van der Waals surface area contributed by atoms with E-state index in [0.717, 1.165) is 23.2 Å². The quantitative estimate of drug-likeness (QED) is 0.504. The van der Waals surface area contributed by atoms with Crippen LogP contribution in [-0.2, 0) is 0 Å². The number of hydrogen-bond acceptors (Lipinski definition) is 0. The zero-order chi connectivity index (χ0) is 14.1. The average molecular weight is 288 g/mol. The van der Waals surface area contributed by atoms with Crippen LogP contribution in [0.4, 0.5) is 0 Å². The maximum Gasteiger partial charge on any atom is -0.0204 e. The second kappa shape index (κ2) is 6.25. The normalized spacial score (nSPS) is 45.4. The Labute approximate surface area is 132 Å². The molecule has 0 aliphatic heterocycles. The van der Waals surface area contributed by atoms with Gasteiger partial charge in [0.1, 0.15) is 0 Å². The molecule has 0 N–H and O–H groups in total. The fourth-order valence-corrected chi connectivity index (χ4v) is 6.69. The minimum Gasteiger partial charge on any atom is -0.0530 e. The molecule has 21 heavy (non-hydrogen) atoms. The van der Waals surface area contributed by atoms with Gasteiger partial charge in [0.15, 0.2) is 0 Å².